The molecule has 0 radical (unpaired) electrons. The van der Waals surface area contributed by atoms with Gasteiger partial charge >= 0.3 is 0 Å². The predicted molar refractivity (Wildman–Crippen MR) is 100 cm³/mol. The van der Waals surface area contributed by atoms with Gasteiger partial charge in [0.2, 0.25) is 5.91 Å². The highest BCUT2D eigenvalue weighted by atomic mass is 32.2. The van der Waals surface area contributed by atoms with Crippen LogP contribution in [0.1, 0.15) is 17.5 Å². The minimum atomic E-state index is 0.0466. The van der Waals surface area contributed by atoms with Gasteiger partial charge < -0.3 is 9.73 Å². The summed E-state index contributed by atoms with van der Waals surface area (Å²) in [5.41, 5.74) is 2.95. The van der Waals surface area contributed by atoms with E-state index in [1.807, 2.05) is 24.3 Å². The maximum Gasteiger partial charge on any atom is 0.220 e. The zero-order valence-corrected chi connectivity index (χ0v) is 14.9. The lowest BCUT2D eigenvalue weighted by atomic mass is 10.1. The predicted octanol–water partition coefficient (Wildman–Crippen LogP) is 4.31. The second-order valence-corrected chi connectivity index (χ2v) is 6.53. The molecule has 2 heterocycles. The van der Waals surface area contributed by atoms with Gasteiger partial charge in [0.05, 0.1) is 6.26 Å². The van der Waals surface area contributed by atoms with Crippen LogP contribution in [0.2, 0.25) is 0 Å². The molecule has 0 aliphatic rings. The van der Waals surface area contributed by atoms with Gasteiger partial charge in [-0.3, -0.25) is 9.78 Å². The van der Waals surface area contributed by atoms with Crippen LogP contribution in [0.5, 0.6) is 0 Å². The average molecular weight is 352 g/mol. The molecule has 0 saturated carbocycles. The number of carbonyl (C=O) groups excluding carboxylic acids is 1. The Hall–Kier alpha value is -2.53. The number of hydrogen-bond acceptors (Lipinski definition) is 4. The van der Waals surface area contributed by atoms with E-state index in [1.54, 1.807) is 24.2 Å². The largest absolute Gasteiger partial charge is 0.463 e. The summed E-state index contributed by atoms with van der Waals surface area (Å²) in [4.78, 5) is 17.6. The molecule has 128 valence electrons. The summed E-state index contributed by atoms with van der Waals surface area (Å²) in [5, 5.41) is 2.96. The van der Waals surface area contributed by atoms with Gasteiger partial charge in [-0.25, -0.2) is 0 Å². The fourth-order valence-corrected chi connectivity index (χ4v) is 2.89. The number of hydrogen-bond donors (Lipinski definition) is 1. The number of aryl methyl sites for hydroxylation is 1. The number of rotatable bonds is 7. The van der Waals surface area contributed by atoms with E-state index in [1.165, 1.54) is 10.5 Å². The molecule has 1 N–H and O–H groups in total. The van der Waals surface area contributed by atoms with Gasteiger partial charge in [0, 0.05) is 24.1 Å². The minimum absolute atomic E-state index is 0.0466. The molecule has 0 saturated heterocycles. The van der Waals surface area contributed by atoms with Crippen molar-refractivity contribution in [3.05, 3.63) is 72.1 Å². The van der Waals surface area contributed by atoms with Crippen LogP contribution in [-0.2, 0) is 17.8 Å². The maximum atomic E-state index is 12.1. The summed E-state index contributed by atoms with van der Waals surface area (Å²) >= 11 is 1.72. The van der Waals surface area contributed by atoms with Crippen LogP contribution in [0.25, 0.3) is 11.5 Å². The van der Waals surface area contributed by atoms with Crippen molar-refractivity contribution in [2.24, 2.45) is 0 Å². The molecule has 4 nitrogen and oxygen atoms in total. The van der Waals surface area contributed by atoms with Crippen molar-refractivity contribution >= 4 is 17.7 Å². The van der Waals surface area contributed by atoms with Crippen LogP contribution in [-0.4, -0.2) is 17.1 Å². The third-order valence-corrected chi connectivity index (χ3v) is 4.63. The monoisotopic (exact) mass is 352 g/mol. The van der Waals surface area contributed by atoms with Crippen LogP contribution in [0.15, 0.2) is 70.3 Å². The highest BCUT2D eigenvalue weighted by molar-refractivity contribution is 7.98. The maximum absolute atomic E-state index is 12.1. The summed E-state index contributed by atoms with van der Waals surface area (Å²) in [6, 6.07) is 15.9. The first-order chi connectivity index (χ1) is 12.2. The molecule has 0 spiro atoms. The summed E-state index contributed by atoms with van der Waals surface area (Å²) in [5.74, 6) is 0.771. The van der Waals surface area contributed by atoms with E-state index in [0.717, 1.165) is 23.4 Å². The first kappa shape index (κ1) is 17.3. The Labute approximate surface area is 151 Å². The standard InChI is InChI=1S/C20H20N2O2S/c1-25-17-7-4-15(5-8-17)6-9-20(23)22-14-16-10-11-21-18(13-16)19-3-2-12-24-19/h2-5,7-8,10-13H,6,9,14H2,1H3,(H,22,23). The SMILES string of the molecule is CSc1ccc(CCC(=O)NCc2ccnc(-c3ccco3)c2)cc1. The molecule has 0 aliphatic carbocycles. The van der Waals surface area contributed by atoms with Crippen molar-refractivity contribution in [1.29, 1.82) is 0 Å². The van der Waals surface area contributed by atoms with Gasteiger partial charge in [0.25, 0.3) is 0 Å². The Morgan fingerprint density at radius 1 is 1.16 bits per heavy atom. The number of furan rings is 1. The third-order valence-electron chi connectivity index (χ3n) is 3.89. The van der Waals surface area contributed by atoms with Crippen LogP contribution in [0, 0.1) is 0 Å². The van der Waals surface area contributed by atoms with Crippen molar-refractivity contribution in [3.63, 3.8) is 0 Å². The van der Waals surface area contributed by atoms with E-state index in [0.29, 0.717) is 13.0 Å². The second-order valence-electron chi connectivity index (χ2n) is 5.65. The van der Waals surface area contributed by atoms with Gasteiger partial charge in [0.15, 0.2) is 5.76 Å². The lowest BCUT2D eigenvalue weighted by Crippen LogP contribution is -2.23. The van der Waals surface area contributed by atoms with Crippen LogP contribution in [0.4, 0.5) is 0 Å². The van der Waals surface area contributed by atoms with Gasteiger partial charge in [0.1, 0.15) is 5.69 Å². The average Bonchev–Trinajstić information content (AvgIpc) is 3.20. The van der Waals surface area contributed by atoms with Gasteiger partial charge in [-0.2, -0.15) is 0 Å². The number of aromatic nitrogens is 1. The number of carbonyl (C=O) groups is 1. The zero-order valence-electron chi connectivity index (χ0n) is 14.1. The Kier molecular flexibility index (Phi) is 5.90. The van der Waals surface area contributed by atoms with Gasteiger partial charge in [-0.15, -0.1) is 11.8 Å². The molecule has 0 unspecified atom stereocenters. The Morgan fingerprint density at radius 3 is 2.72 bits per heavy atom. The fraction of sp³-hybridized carbons (Fsp3) is 0.200. The molecule has 25 heavy (non-hydrogen) atoms. The normalized spacial score (nSPS) is 10.6. The first-order valence-electron chi connectivity index (χ1n) is 8.13. The van der Waals surface area contributed by atoms with E-state index in [9.17, 15) is 4.79 Å². The topological polar surface area (TPSA) is 55.1 Å². The quantitative estimate of drug-likeness (QED) is 0.644. The molecular weight excluding hydrogens is 332 g/mol. The molecule has 0 aliphatic heterocycles. The van der Waals surface area contributed by atoms with Crippen molar-refractivity contribution in [3.8, 4) is 11.5 Å². The number of amides is 1. The van der Waals surface area contributed by atoms with Crippen molar-refractivity contribution < 1.29 is 9.21 Å². The summed E-state index contributed by atoms with van der Waals surface area (Å²) in [6.45, 7) is 0.487. The van der Waals surface area contributed by atoms with Crippen molar-refractivity contribution in [2.45, 2.75) is 24.3 Å². The molecular formula is C20H20N2O2S. The van der Waals surface area contributed by atoms with Gasteiger partial charge in [-0.05, 0) is 60.2 Å². The summed E-state index contributed by atoms with van der Waals surface area (Å²) in [7, 11) is 0. The first-order valence-corrected chi connectivity index (χ1v) is 9.35. The molecule has 5 heteroatoms. The lowest BCUT2D eigenvalue weighted by molar-refractivity contribution is -0.121. The fourth-order valence-electron chi connectivity index (χ4n) is 2.48. The Balaban J connectivity index is 1.49. The molecule has 0 fully saturated rings. The molecule has 3 rings (SSSR count). The molecule has 0 atom stereocenters. The highest BCUT2D eigenvalue weighted by Gasteiger charge is 2.06. The Morgan fingerprint density at radius 2 is 2.00 bits per heavy atom. The van der Waals surface area contributed by atoms with E-state index >= 15 is 0 Å². The molecule has 1 amide bonds. The number of pyridine rings is 1. The molecule has 3 aromatic rings. The number of benzene rings is 1. The van der Waals surface area contributed by atoms with E-state index in [4.69, 9.17) is 4.42 Å². The lowest BCUT2D eigenvalue weighted by Gasteiger charge is -2.07. The molecule has 1 aromatic carbocycles. The highest BCUT2D eigenvalue weighted by Crippen LogP contribution is 2.18. The van der Waals surface area contributed by atoms with E-state index < -0.39 is 0 Å². The minimum Gasteiger partial charge on any atom is -0.463 e. The second kappa shape index (κ2) is 8.53. The van der Waals surface area contributed by atoms with E-state index in [2.05, 4.69) is 40.8 Å². The summed E-state index contributed by atoms with van der Waals surface area (Å²) in [6.07, 6.45) is 6.63. The zero-order chi connectivity index (χ0) is 17.5. The summed E-state index contributed by atoms with van der Waals surface area (Å²) < 4.78 is 5.35. The van der Waals surface area contributed by atoms with Crippen LogP contribution in [0.3, 0.4) is 0 Å². The number of nitrogens with one attached hydrogen (secondary N) is 1. The number of nitrogens with zero attached hydrogens (tertiary/aromatic N) is 1. The van der Waals surface area contributed by atoms with Gasteiger partial charge in [-0.1, -0.05) is 12.1 Å². The Bertz CT molecular complexity index is 814. The third kappa shape index (κ3) is 4.97. The molecule has 0 bridgehead atoms. The van der Waals surface area contributed by atoms with Crippen molar-refractivity contribution in [1.82, 2.24) is 10.3 Å². The van der Waals surface area contributed by atoms with E-state index in [-0.39, 0.29) is 5.91 Å². The van der Waals surface area contributed by atoms with Crippen molar-refractivity contribution in [2.75, 3.05) is 6.26 Å². The van der Waals surface area contributed by atoms with Crippen LogP contribution < -0.4 is 5.32 Å². The number of thioether (sulfide) groups is 1. The van der Waals surface area contributed by atoms with Crippen LogP contribution >= 0.6 is 11.8 Å². The molecule has 2 aromatic heterocycles. The smallest absolute Gasteiger partial charge is 0.220 e.